The highest BCUT2D eigenvalue weighted by Crippen LogP contribution is 2.25. The molecule has 98 valence electrons. The van der Waals surface area contributed by atoms with Crippen LogP contribution in [0.1, 0.15) is 35.3 Å². The van der Waals surface area contributed by atoms with Gasteiger partial charge in [-0.15, -0.1) is 0 Å². The van der Waals surface area contributed by atoms with Crippen molar-refractivity contribution in [3.63, 3.8) is 0 Å². The number of carbonyl (C=O) groups is 1. The summed E-state index contributed by atoms with van der Waals surface area (Å²) < 4.78 is 0. The smallest absolute Gasteiger partial charge is 0.337 e. The summed E-state index contributed by atoms with van der Waals surface area (Å²) in [5.41, 5.74) is 1.05. The lowest BCUT2D eigenvalue weighted by atomic mass is 9.91. The van der Waals surface area contributed by atoms with Crippen LogP contribution in [0.15, 0.2) is 18.3 Å². The summed E-state index contributed by atoms with van der Waals surface area (Å²) in [5.74, 6) is -0.958. The number of pyridine rings is 1. The number of aromatic nitrogens is 1. The van der Waals surface area contributed by atoms with Crippen LogP contribution in [0.2, 0.25) is 0 Å². The second-order valence-corrected chi connectivity index (χ2v) is 4.62. The Bertz CT molecular complexity index is 401. The molecule has 2 N–H and O–H groups in total. The average Bonchev–Trinajstić information content (AvgIpc) is 2.27. The summed E-state index contributed by atoms with van der Waals surface area (Å²) in [5, 5.41) is 17.9. The predicted octanol–water partition coefficient (Wildman–Crippen LogP) is 1.13. The van der Waals surface area contributed by atoms with Crippen molar-refractivity contribution in [2.24, 2.45) is 0 Å². The standard InChI is InChI=1S/C13H18N2O3/c16-7-6-15(12-2-1-3-12)9-11-5-4-10(8-14-11)13(17)18/h4-5,8,12,16H,1-3,6-7,9H2,(H,17,18). The molecule has 0 aromatic carbocycles. The SMILES string of the molecule is O=C(O)c1ccc(CN(CCO)C2CCC2)nc1. The molecule has 0 unspecified atom stereocenters. The molecule has 0 spiro atoms. The first-order valence-corrected chi connectivity index (χ1v) is 6.24. The first-order valence-electron chi connectivity index (χ1n) is 6.24. The minimum absolute atomic E-state index is 0.143. The van der Waals surface area contributed by atoms with Gasteiger partial charge in [-0.25, -0.2) is 4.79 Å². The van der Waals surface area contributed by atoms with E-state index in [1.807, 2.05) is 0 Å². The molecule has 0 saturated heterocycles. The Labute approximate surface area is 106 Å². The molecule has 1 fully saturated rings. The molecule has 1 aromatic rings. The van der Waals surface area contributed by atoms with Crippen molar-refractivity contribution >= 4 is 5.97 Å². The van der Waals surface area contributed by atoms with Crippen LogP contribution < -0.4 is 0 Å². The van der Waals surface area contributed by atoms with Crippen LogP contribution in [0.4, 0.5) is 0 Å². The zero-order valence-electron chi connectivity index (χ0n) is 10.2. The summed E-state index contributed by atoms with van der Waals surface area (Å²) in [6.45, 7) is 1.46. The lowest BCUT2D eigenvalue weighted by Crippen LogP contribution is -2.41. The molecule has 18 heavy (non-hydrogen) atoms. The monoisotopic (exact) mass is 250 g/mol. The molecule has 5 nitrogen and oxygen atoms in total. The minimum atomic E-state index is -0.958. The third kappa shape index (κ3) is 3.05. The van der Waals surface area contributed by atoms with Gasteiger partial charge in [-0.05, 0) is 25.0 Å². The van der Waals surface area contributed by atoms with Crippen molar-refractivity contribution in [2.75, 3.05) is 13.2 Å². The van der Waals surface area contributed by atoms with E-state index in [1.54, 1.807) is 12.1 Å². The van der Waals surface area contributed by atoms with Crippen molar-refractivity contribution in [1.29, 1.82) is 0 Å². The molecule has 1 heterocycles. The van der Waals surface area contributed by atoms with E-state index >= 15 is 0 Å². The van der Waals surface area contributed by atoms with Crippen LogP contribution >= 0.6 is 0 Å². The summed E-state index contributed by atoms with van der Waals surface area (Å²) in [4.78, 5) is 17.1. The zero-order valence-corrected chi connectivity index (χ0v) is 10.2. The molecule has 0 amide bonds. The van der Waals surface area contributed by atoms with Gasteiger partial charge in [-0.2, -0.15) is 0 Å². The number of aliphatic hydroxyl groups excluding tert-OH is 1. The quantitative estimate of drug-likeness (QED) is 0.791. The van der Waals surface area contributed by atoms with Gasteiger partial charge in [0.05, 0.1) is 17.9 Å². The Morgan fingerprint density at radius 1 is 1.44 bits per heavy atom. The molecule has 0 bridgehead atoms. The van der Waals surface area contributed by atoms with Gasteiger partial charge in [-0.1, -0.05) is 6.42 Å². The lowest BCUT2D eigenvalue weighted by Gasteiger charge is -2.37. The summed E-state index contributed by atoms with van der Waals surface area (Å²) in [7, 11) is 0. The minimum Gasteiger partial charge on any atom is -0.478 e. The molecule has 0 aliphatic heterocycles. The maximum atomic E-state index is 10.7. The lowest BCUT2D eigenvalue weighted by molar-refractivity contribution is 0.0696. The van der Waals surface area contributed by atoms with Gasteiger partial charge in [0.25, 0.3) is 0 Å². The van der Waals surface area contributed by atoms with E-state index in [4.69, 9.17) is 10.2 Å². The third-order valence-electron chi connectivity index (χ3n) is 3.42. The fourth-order valence-electron chi connectivity index (χ4n) is 2.12. The van der Waals surface area contributed by atoms with Crippen LogP contribution in [0.25, 0.3) is 0 Å². The Morgan fingerprint density at radius 3 is 2.67 bits per heavy atom. The summed E-state index contributed by atoms with van der Waals surface area (Å²) in [6, 6.07) is 3.85. The second kappa shape index (κ2) is 5.93. The van der Waals surface area contributed by atoms with Gasteiger partial charge < -0.3 is 10.2 Å². The van der Waals surface area contributed by atoms with E-state index in [1.165, 1.54) is 25.5 Å². The Hall–Kier alpha value is -1.46. The van der Waals surface area contributed by atoms with E-state index in [9.17, 15) is 4.79 Å². The van der Waals surface area contributed by atoms with E-state index in [0.717, 1.165) is 5.69 Å². The van der Waals surface area contributed by atoms with Gasteiger partial charge in [0, 0.05) is 25.3 Å². The molecule has 0 atom stereocenters. The summed E-state index contributed by atoms with van der Waals surface area (Å²) in [6.07, 6.45) is 4.98. The Balaban J connectivity index is 1.99. The topological polar surface area (TPSA) is 73.7 Å². The van der Waals surface area contributed by atoms with E-state index in [2.05, 4.69) is 9.88 Å². The van der Waals surface area contributed by atoms with Gasteiger partial charge >= 0.3 is 5.97 Å². The second-order valence-electron chi connectivity index (χ2n) is 4.62. The molecule has 5 heteroatoms. The first-order chi connectivity index (χ1) is 8.70. The number of nitrogens with zero attached hydrogens (tertiary/aromatic N) is 2. The number of aliphatic hydroxyl groups is 1. The maximum Gasteiger partial charge on any atom is 0.337 e. The van der Waals surface area contributed by atoms with Gasteiger partial charge in [0.2, 0.25) is 0 Å². The highest BCUT2D eigenvalue weighted by molar-refractivity contribution is 5.87. The molecule has 2 rings (SSSR count). The number of hydrogen-bond donors (Lipinski definition) is 2. The summed E-state index contributed by atoms with van der Waals surface area (Å²) >= 11 is 0. The molecule has 1 saturated carbocycles. The highest BCUT2D eigenvalue weighted by Gasteiger charge is 2.24. The zero-order chi connectivity index (χ0) is 13.0. The van der Waals surface area contributed by atoms with Crippen LogP contribution in [-0.2, 0) is 6.54 Å². The van der Waals surface area contributed by atoms with E-state index in [0.29, 0.717) is 19.1 Å². The first kappa shape index (κ1) is 13.0. The number of aromatic carboxylic acids is 1. The Kier molecular flexibility index (Phi) is 4.28. The fourth-order valence-corrected chi connectivity index (χ4v) is 2.12. The van der Waals surface area contributed by atoms with Crippen molar-refractivity contribution in [3.8, 4) is 0 Å². The van der Waals surface area contributed by atoms with Crippen molar-refractivity contribution < 1.29 is 15.0 Å². The van der Waals surface area contributed by atoms with Crippen molar-refractivity contribution in [3.05, 3.63) is 29.6 Å². The number of carboxylic acids is 1. The van der Waals surface area contributed by atoms with Crippen LogP contribution in [0.3, 0.4) is 0 Å². The van der Waals surface area contributed by atoms with Crippen LogP contribution in [-0.4, -0.2) is 45.3 Å². The fraction of sp³-hybridized carbons (Fsp3) is 0.538. The highest BCUT2D eigenvalue weighted by atomic mass is 16.4. The van der Waals surface area contributed by atoms with Crippen LogP contribution in [0, 0.1) is 0 Å². The molecular weight excluding hydrogens is 232 g/mol. The molecule has 1 aliphatic rings. The largest absolute Gasteiger partial charge is 0.478 e. The molecule has 1 aromatic heterocycles. The Morgan fingerprint density at radius 2 is 2.22 bits per heavy atom. The van der Waals surface area contributed by atoms with Gasteiger partial charge in [0.1, 0.15) is 0 Å². The normalized spacial score (nSPS) is 15.7. The molecular formula is C13H18N2O3. The predicted molar refractivity (Wildman–Crippen MR) is 66.3 cm³/mol. The van der Waals surface area contributed by atoms with Gasteiger partial charge in [0.15, 0.2) is 0 Å². The number of hydrogen-bond acceptors (Lipinski definition) is 4. The maximum absolute atomic E-state index is 10.7. The number of rotatable bonds is 6. The van der Waals surface area contributed by atoms with E-state index in [-0.39, 0.29) is 12.2 Å². The third-order valence-corrected chi connectivity index (χ3v) is 3.42. The molecule has 1 aliphatic carbocycles. The van der Waals surface area contributed by atoms with Crippen LogP contribution in [0.5, 0.6) is 0 Å². The van der Waals surface area contributed by atoms with Crippen molar-refractivity contribution in [2.45, 2.75) is 31.8 Å². The van der Waals surface area contributed by atoms with E-state index < -0.39 is 5.97 Å². The average molecular weight is 250 g/mol. The van der Waals surface area contributed by atoms with Crippen molar-refractivity contribution in [1.82, 2.24) is 9.88 Å². The van der Waals surface area contributed by atoms with Gasteiger partial charge in [-0.3, -0.25) is 9.88 Å². The molecule has 0 radical (unpaired) electrons. The number of carboxylic acid groups (broad SMARTS) is 1.